The van der Waals surface area contributed by atoms with Crippen LogP contribution in [0.25, 0.3) is 10.9 Å². The lowest BCUT2D eigenvalue weighted by atomic mass is 9.94. The summed E-state index contributed by atoms with van der Waals surface area (Å²) in [6.07, 6.45) is 0. The lowest BCUT2D eigenvalue weighted by Crippen LogP contribution is -2.39. The standard InChI is InChI=1S/C14H15ClN2O3/c1-14(2,13(19)20)7-16-12(18)11-5-8-3-4-9(15)6-10(8)17-11/h3-6,17H,7H2,1-2H3,(H,16,18)(H,19,20). The van der Waals surface area contributed by atoms with Gasteiger partial charge in [0.25, 0.3) is 5.91 Å². The number of benzene rings is 1. The fourth-order valence-corrected chi connectivity index (χ4v) is 1.87. The predicted molar refractivity (Wildman–Crippen MR) is 77.1 cm³/mol. The number of aromatic amines is 1. The van der Waals surface area contributed by atoms with Crippen LogP contribution >= 0.6 is 11.6 Å². The monoisotopic (exact) mass is 294 g/mol. The Bertz CT molecular complexity index is 676. The second kappa shape index (κ2) is 5.17. The molecule has 5 nitrogen and oxygen atoms in total. The molecule has 0 aliphatic heterocycles. The summed E-state index contributed by atoms with van der Waals surface area (Å²) in [5.74, 6) is -1.30. The SMILES string of the molecule is CC(C)(CNC(=O)c1cc2ccc(Cl)cc2[nH]1)C(=O)O. The number of fused-ring (bicyclic) bond motifs is 1. The van der Waals surface area contributed by atoms with E-state index in [2.05, 4.69) is 10.3 Å². The third-order valence-corrected chi connectivity index (χ3v) is 3.33. The average Bonchev–Trinajstić information content (AvgIpc) is 2.78. The zero-order valence-corrected chi connectivity index (χ0v) is 11.9. The molecule has 6 heteroatoms. The fourth-order valence-electron chi connectivity index (χ4n) is 1.69. The summed E-state index contributed by atoms with van der Waals surface area (Å²) in [5, 5.41) is 13.1. The van der Waals surface area contributed by atoms with E-state index in [-0.39, 0.29) is 12.5 Å². The van der Waals surface area contributed by atoms with Gasteiger partial charge in [-0.15, -0.1) is 0 Å². The Balaban J connectivity index is 2.14. The van der Waals surface area contributed by atoms with Crippen LogP contribution in [0, 0.1) is 5.41 Å². The van der Waals surface area contributed by atoms with Crippen LogP contribution in [0.4, 0.5) is 0 Å². The normalized spacial score (nSPS) is 11.6. The Morgan fingerprint density at radius 1 is 1.35 bits per heavy atom. The molecule has 2 rings (SSSR count). The molecule has 3 N–H and O–H groups in total. The lowest BCUT2D eigenvalue weighted by molar-refractivity contribution is -0.146. The Hall–Kier alpha value is -2.01. The third kappa shape index (κ3) is 2.93. The number of amides is 1. The minimum atomic E-state index is -1.01. The second-order valence-electron chi connectivity index (χ2n) is 5.29. The van der Waals surface area contributed by atoms with E-state index in [0.29, 0.717) is 10.7 Å². The molecular weight excluding hydrogens is 280 g/mol. The van der Waals surface area contributed by atoms with E-state index >= 15 is 0 Å². The van der Waals surface area contributed by atoms with Crippen molar-refractivity contribution in [1.82, 2.24) is 10.3 Å². The highest BCUT2D eigenvalue weighted by molar-refractivity contribution is 6.31. The first-order valence-corrected chi connectivity index (χ1v) is 6.47. The number of carboxylic acids is 1. The van der Waals surface area contributed by atoms with Crippen LogP contribution in [0.1, 0.15) is 24.3 Å². The van der Waals surface area contributed by atoms with Gasteiger partial charge in [0.2, 0.25) is 0 Å². The number of H-pyrrole nitrogens is 1. The molecule has 0 saturated heterocycles. The molecule has 1 aromatic carbocycles. The number of rotatable bonds is 4. The van der Waals surface area contributed by atoms with Gasteiger partial charge >= 0.3 is 5.97 Å². The van der Waals surface area contributed by atoms with Crippen molar-refractivity contribution in [2.24, 2.45) is 5.41 Å². The van der Waals surface area contributed by atoms with Crippen LogP contribution in [0.3, 0.4) is 0 Å². The highest BCUT2D eigenvalue weighted by Crippen LogP contribution is 2.20. The fraction of sp³-hybridized carbons (Fsp3) is 0.286. The largest absolute Gasteiger partial charge is 0.481 e. The Morgan fingerprint density at radius 3 is 2.70 bits per heavy atom. The van der Waals surface area contributed by atoms with Crippen molar-refractivity contribution >= 4 is 34.4 Å². The van der Waals surface area contributed by atoms with Crippen LogP contribution < -0.4 is 5.32 Å². The van der Waals surface area contributed by atoms with Gasteiger partial charge < -0.3 is 15.4 Å². The van der Waals surface area contributed by atoms with Crippen LogP contribution in [0.15, 0.2) is 24.3 Å². The van der Waals surface area contributed by atoms with E-state index in [1.54, 1.807) is 32.0 Å². The molecule has 106 valence electrons. The van der Waals surface area contributed by atoms with Gasteiger partial charge in [-0.25, -0.2) is 0 Å². The number of aliphatic carboxylic acids is 1. The van der Waals surface area contributed by atoms with Gasteiger partial charge in [0.1, 0.15) is 5.69 Å². The van der Waals surface area contributed by atoms with E-state index in [1.165, 1.54) is 0 Å². The number of carboxylic acid groups (broad SMARTS) is 1. The second-order valence-corrected chi connectivity index (χ2v) is 5.72. The smallest absolute Gasteiger partial charge is 0.310 e. The first-order chi connectivity index (χ1) is 9.29. The summed E-state index contributed by atoms with van der Waals surface area (Å²) in [6, 6.07) is 6.99. The molecule has 0 fully saturated rings. The molecule has 0 unspecified atom stereocenters. The molecule has 0 atom stereocenters. The van der Waals surface area contributed by atoms with E-state index in [0.717, 1.165) is 10.9 Å². The average molecular weight is 295 g/mol. The molecule has 20 heavy (non-hydrogen) atoms. The number of carbonyl (C=O) groups excluding carboxylic acids is 1. The number of hydrogen-bond donors (Lipinski definition) is 3. The molecule has 0 aliphatic rings. The molecule has 1 aromatic heterocycles. The third-order valence-electron chi connectivity index (χ3n) is 3.10. The van der Waals surface area contributed by atoms with E-state index in [9.17, 15) is 9.59 Å². The zero-order valence-electron chi connectivity index (χ0n) is 11.2. The summed E-state index contributed by atoms with van der Waals surface area (Å²) < 4.78 is 0. The maximum atomic E-state index is 12.0. The van der Waals surface area contributed by atoms with Crippen LogP contribution in [0.5, 0.6) is 0 Å². The van der Waals surface area contributed by atoms with Crippen LogP contribution in [-0.4, -0.2) is 28.5 Å². The Morgan fingerprint density at radius 2 is 2.05 bits per heavy atom. The van der Waals surface area contributed by atoms with Crippen molar-refractivity contribution in [1.29, 1.82) is 0 Å². The van der Waals surface area contributed by atoms with Crippen LogP contribution in [0.2, 0.25) is 5.02 Å². The van der Waals surface area contributed by atoms with Crippen molar-refractivity contribution in [2.45, 2.75) is 13.8 Å². The molecular formula is C14H15ClN2O3. The predicted octanol–water partition coefficient (Wildman–Crippen LogP) is 2.66. The maximum Gasteiger partial charge on any atom is 0.310 e. The first-order valence-electron chi connectivity index (χ1n) is 6.09. The van der Waals surface area contributed by atoms with Gasteiger partial charge in [0, 0.05) is 22.5 Å². The van der Waals surface area contributed by atoms with Crippen molar-refractivity contribution < 1.29 is 14.7 Å². The van der Waals surface area contributed by atoms with Crippen molar-refractivity contribution in [3.8, 4) is 0 Å². The van der Waals surface area contributed by atoms with Gasteiger partial charge in [-0.3, -0.25) is 9.59 Å². The molecule has 0 spiro atoms. The minimum absolute atomic E-state index is 0.0529. The molecule has 0 bridgehead atoms. The molecule has 2 aromatic rings. The number of carbonyl (C=O) groups is 2. The van der Waals surface area contributed by atoms with E-state index < -0.39 is 11.4 Å². The maximum absolute atomic E-state index is 12.0. The Labute approximate surface area is 120 Å². The number of hydrogen-bond acceptors (Lipinski definition) is 2. The van der Waals surface area contributed by atoms with Gasteiger partial charge in [0.15, 0.2) is 0 Å². The quantitative estimate of drug-likeness (QED) is 0.811. The minimum Gasteiger partial charge on any atom is -0.481 e. The molecule has 0 saturated carbocycles. The van der Waals surface area contributed by atoms with Crippen LogP contribution in [-0.2, 0) is 4.79 Å². The van der Waals surface area contributed by atoms with Crippen molar-refractivity contribution in [3.05, 3.63) is 35.0 Å². The number of aromatic nitrogens is 1. The topological polar surface area (TPSA) is 82.2 Å². The molecule has 1 heterocycles. The molecule has 1 amide bonds. The highest BCUT2D eigenvalue weighted by atomic mass is 35.5. The number of halogens is 1. The molecule has 0 radical (unpaired) electrons. The lowest BCUT2D eigenvalue weighted by Gasteiger charge is -2.19. The van der Waals surface area contributed by atoms with Crippen molar-refractivity contribution in [2.75, 3.05) is 6.54 Å². The first kappa shape index (κ1) is 14.4. The zero-order chi connectivity index (χ0) is 14.9. The highest BCUT2D eigenvalue weighted by Gasteiger charge is 2.27. The van der Waals surface area contributed by atoms with Gasteiger partial charge in [-0.1, -0.05) is 17.7 Å². The summed E-state index contributed by atoms with van der Waals surface area (Å²) in [6.45, 7) is 3.17. The van der Waals surface area contributed by atoms with Crippen molar-refractivity contribution in [3.63, 3.8) is 0 Å². The van der Waals surface area contributed by atoms with E-state index in [1.807, 2.05) is 6.07 Å². The summed E-state index contributed by atoms with van der Waals surface area (Å²) in [4.78, 5) is 25.9. The van der Waals surface area contributed by atoms with Gasteiger partial charge in [-0.2, -0.15) is 0 Å². The summed E-state index contributed by atoms with van der Waals surface area (Å²) in [7, 11) is 0. The van der Waals surface area contributed by atoms with E-state index in [4.69, 9.17) is 16.7 Å². The Kier molecular flexibility index (Phi) is 3.72. The van der Waals surface area contributed by atoms with Gasteiger partial charge in [0.05, 0.1) is 5.41 Å². The van der Waals surface area contributed by atoms with Gasteiger partial charge in [-0.05, 0) is 32.0 Å². The summed E-state index contributed by atoms with van der Waals surface area (Å²) >= 11 is 5.88. The number of nitrogens with one attached hydrogen (secondary N) is 2. The summed E-state index contributed by atoms with van der Waals surface area (Å²) in [5.41, 5.74) is 0.133. The molecule has 0 aliphatic carbocycles.